The molecule has 5 nitrogen and oxygen atoms in total. The summed E-state index contributed by atoms with van der Waals surface area (Å²) >= 11 is 0. The number of carbonyl (C=O) groups excluding carboxylic acids is 1. The molecule has 1 aliphatic heterocycles. The summed E-state index contributed by atoms with van der Waals surface area (Å²) in [5.41, 5.74) is 7.33. The smallest absolute Gasteiger partial charge is 0.319 e. The van der Waals surface area contributed by atoms with Gasteiger partial charge < -0.3 is 21.1 Å². The molecule has 0 aromatic heterocycles. The molecule has 0 saturated carbocycles. The second-order valence-electron chi connectivity index (χ2n) is 5.06. The number of hydrogen-bond donors (Lipinski definition) is 3. The Labute approximate surface area is 119 Å². The third kappa shape index (κ3) is 4.83. The molecule has 5 heteroatoms. The lowest BCUT2D eigenvalue weighted by atomic mass is 10.1. The van der Waals surface area contributed by atoms with Crippen LogP contribution < -0.4 is 16.4 Å². The van der Waals surface area contributed by atoms with Crippen molar-refractivity contribution in [1.82, 2.24) is 5.32 Å². The van der Waals surface area contributed by atoms with Crippen LogP contribution in [0, 0.1) is 0 Å². The Kier molecular flexibility index (Phi) is 5.83. The highest BCUT2D eigenvalue weighted by atomic mass is 16.5. The molecular formula is C15H23N3O2. The lowest BCUT2D eigenvalue weighted by Crippen LogP contribution is -2.32. The third-order valence-electron chi connectivity index (χ3n) is 3.45. The van der Waals surface area contributed by atoms with Gasteiger partial charge in [-0.1, -0.05) is 12.1 Å². The van der Waals surface area contributed by atoms with Crippen LogP contribution in [-0.2, 0) is 11.3 Å². The monoisotopic (exact) mass is 277 g/mol. The number of nitrogens with one attached hydrogen (secondary N) is 2. The number of benzene rings is 1. The van der Waals surface area contributed by atoms with Gasteiger partial charge >= 0.3 is 6.03 Å². The van der Waals surface area contributed by atoms with Gasteiger partial charge in [0.2, 0.25) is 0 Å². The molecule has 1 aromatic carbocycles. The molecule has 0 bridgehead atoms. The third-order valence-corrected chi connectivity index (χ3v) is 3.45. The fourth-order valence-electron chi connectivity index (χ4n) is 2.33. The molecule has 4 N–H and O–H groups in total. The van der Waals surface area contributed by atoms with E-state index in [1.807, 2.05) is 24.3 Å². The van der Waals surface area contributed by atoms with E-state index in [0.29, 0.717) is 19.2 Å². The van der Waals surface area contributed by atoms with Gasteiger partial charge in [-0.05, 0) is 43.4 Å². The first-order valence-electron chi connectivity index (χ1n) is 7.23. The van der Waals surface area contributed by atoms with Gasteiger partial charge in [0.15, 0.2) is 0 Å². The minimum absolute atomic E-state index is 0.185. The minimum atomic E-state index is -0.185. The molecule has 2 rings (SSSR count). The number of nitrogens with two attached hydrogens (primary N) is 1. The maximum absolute atomic E-state index is 11.8. The van der Waals surface area contributed by atoms with E-state index in [1.54, 1.807) is 0 Å². The van der Waals surface area contributed by atoms with E-state index in [9.17, 15) is 4.79 Å². The molecular weight excluding hydrogens is 254 g/mol. The summed E-state index contributed by atoms with van der Waals surface area (Å²) in [6, 6.07) is 7.36. The topological polar surface area (TPSA) is 76.4 Å². The van der Waals surface area contributed by atoms with E-state index < -0.39 is 0 Å². The van der Waals surface area contributed by atoms with E-state index in [4.69, 9.17) is 10.5 Å². The van der Waals surface area contributed by atoms with Crippen LogP contribution in [0.5, 0.6) is 0 Å². The second-order valence-corrected chi connectivity index (χ2v) is 5.06. The van der Waals surface area contributed by atoms with E-state index >= 15 is 0 Å². The zero-order valence-electron chi connectivity index (χ0n) is 11.7. The summed E-state index contributed by atoms with van der Waals surface area (Å²) in [6.45, 7) is 1.95. The lowest BCUT2D eigenvalue weighted by molar-refractivity contribution is 0.0120. The van der Waals surface area contributed by atoms with Gasteiger partial charge in [0.25, 0.3) is 0 Å². The molecule has 1 aliphatic rings. The molecule has 1 saturated heterocycles. The van der Waals surface area contributed by atoms with Crippen molar-refractivity contribution in [3.63, 3.8) is 0 Å². The van der Waals surface area contributed by atoms with Crippen LogP contribution in [0.2, 0.25) is 0 Å². The molecule has 110 valence electrons. The first kappa shape index (κ1) is 14.8. The average molecular weight is 277 g/mol. The number of ether oxygens (including phenoxy) is 1. The standard InChI is InChI=1S/C15H23N3O2/c16-11-12-4-3-5-13(10-12)18-15(19)17-8-7-14-6-1-2-9-20-14/h3-5,10,14H,1-2,6-9,11,16H2,(H2,17,18,19). The van der Waals surface area contributed by atoms with Crippen LogP contribution in [-0.4, -0.2) is 25.3 Å². The summed E-state index contributed by atoms with van der Waals surface area (Å²) in [4.78, 5) is 11.8. The second kappa shape index (κ2) is 7.87. The predicted octanol–water partition coefficient (Wildman–Crippen LogP) is 2.23. The molecule has 2 amide bonds. The van der Waals surface area contributed by atoms with Crippen molar-refractivity contribution < 1.29 is 9.53 Å². The van der Waals surface area contributed by atoms with E-state index in [0.717, 1.165) is 37.1 Å². The quantitative estimate of drug-likeness (QED) is 0.772. The molecule has 1 heterocycles. The first-order valence-corrected chi connectivity index (χ1v) is 7.23. The van der Waals surface area contributed by atoms with Gasteiger partial charge in [0.05, 0.1) is 6.10 Å². The van der Waals surface area contributed by atoms with Crippen molar-refractivity contribution in [2.75, 3.05) is 18.5 Å². The number of anilines is 1. The average Bonchev–Trinajstić information content (AvgIpc) is 2.48. The van der Waals surface area contributed by atoms with Gasteiger partial charge in [-0.2, -0.15) is 0 Å². The fraction of sp³-hybridized carbons (Fsp3) is 0.533. The normalized spacial score (nSPS) is 18.6. The Morgan fingerprint density at radius 2 is 2.30 bits per heavy atom. The van der Waals surface area contributed by atoms with Crippen LogP contribution in [0.25, 0.3) is 0 Å². The van der Waals surface area contributed by atoms with Crippen molar-refractivity contribution in [3.8, 4) is 0 Å². The molecule has 1 unspecified atom stereocenters. The van der Waals surface area contributed by atoms with E-state index in [-0.39, 0.29) is 6.03 Å². The number of carbonyl (C=O) groups is 1. The summed E-state index contributed by atoms with van der Waals surface area (Å²) in [6.07, 6.45) is 4.65. The van der Waals surface area contributed by atoms with Crippen LogP contribution in [0.4, 0.5) is 10.5 Å². The number of urea groups is 1. The van der Waals surface area contributed by atoms with Crippen LogP contribution in [0.3, 0.4) is 0 Å². The van der Waals surface area contributed by atoms with Crippen molar-refractivity contribution in [1.29, 1.82) is 0 Å². The van der Waals surface area contributed by atoms with Gasteiger partial charge in [-0.25, -0.2) is 4.79 Å². The Morgan fingerprint density at radius 1 is 1.40 bits per heavy atom. The van der Waals surface area contributed by atoms with Crippen LogP contribution in [0.15, 0.2) is 24.3 Å². The maximum atomic E-state index is 11.8. The Hall–Kier alpha value is -1.59. The van der Waals surface area contributed by atoms with E-state index in [2.05, 4.69) is 10.6 Å². The zero-order valence-corrected chi connectivity index (χ0v) is 11.7. The Balaban J connectivity index is 1.69. The Morgan fingerprint density at radius 3 is 3.05 bits per heavy atom. The summed E-state index contributed by atoms with van der Waals surface area (Å²) in [7, 11) is 0. The number of rotatable bonds is 5. The lowest BCUT2D eigenvalue weighted by Gasteiger charge is -2.22. The van der Waals surface area contributed by atoms with Crippen LogP contribution in [0.1, 0.15) is 31.2 Å². The first-order chi connectivity index (χ1) is 9.78. The molecule has 1 atom stereocenters. The molecule has 0 radical (unpaired) electrons. The highest BCUT2D eigenvalue weighted by molar-refractivity contribution is 5.89. The van der Waals surface area contributed by atoms with Gasteiger partial charge in [-0.15, -0.1) is 0 Å². The molecule has 0 aliphatic carbocycles. The van der Waals surface area contributed by atoms with Gasteiger partial charge in [-0.3, -0.25) is 0 Å². The van der Waals surface area contributed by atoms with Crippen molar-refractivity contribution in [3.05, 3.63) is 29.8 Å². The summed E-state index contributed by atoms with van der Waals surface area (Å²) < 4.78 is 5.62. The molecule has 1 fully saturated rings. The fourth-order valence-corrected chi connectivity index (χ4v) is 2.33. The van der Waals surface area contributed by atoms with E-state index in [1.165, 1.54) is 6.42 Å². The highest BCUT2D eigenvalue weighted by Gasteiger charge is 2.13. The van der Waals surface area contributed by atoms with Crippen molar-refractivity contribution >= 4 is 11.7 Å². The minimum Gasteiger partial charge on any atom is -0.378 e. The summed E-state index contributed by atoms with van der Waals surface area (Å²) in [5, 5.41) is 5.66. The van der Waals surface area contributed by atoms with Crippen molar-refractivity contribution in [2.24, 2.45) is 5.73 Å². The predicted molar refractivity (Wildman–Crippen MR) is 79.6 cm³/mol. The van der Waals surface area contributed by atoms with Gasteiger partial charge in [0, 0.05) is 25.4 Å². The number of hydrogen-bond acceptors (Lipinski definition) is 3. The molecule has 20 heavy (non-hydrogen) atoms. The number of amides is 2. The maximum Gasteiger partial charge on any atom is 0.319 e. The SMILES string of the molecule is NCc1cccc(NC(=O)NCCC2CCCCO2)c1. The Bertz CT molecular complexity index is 431. The summed E-state index contributed by atoms with van der Waals surface area (Å²) in [5.74, 6) is 0. The highest BCUT2D eigenvalue weighted by Crippen LogP contribution is 2.15. The molecule has 0 spiro atoms. The van der Waals surface area contributed by atoms with Crippen molar-refractivity contribution in [2.45, 2.75) is 38.3 Å². The largest absolute Gasteiger partial charge is 0.378 e. The molecule has 1 aromatic rings. The van der Waals surface area contributed by atoms with Crippen LogP contribution >= 0.6 is 0 Å². The zero-order chi connectivity index (χ0) is 14.2. The van der Waals surface area contributed by atoms with Gasteiger partial charge in [0.1, 0.15) is 0 Å².